The summed E-state index contributed by atoms with van der Waals surface area (Å²) in [6.07, 6.45) is 3.93. The first-order valence-corrected chi connectivity index (χ1v) is 3.57. The average molecular weight is 129 g/mol. The van der Waals surface area contributed by atoms with Crippen LogP contribution in [0.5, 0.6) is 0 Å². The monoisotopic (exact) mass is 129 g/mol. The minimum atomic E-state index is 0.280. The molecule has 0 unspecified atom stereocenters. The molecule has 0 heterocycles. The number of hydrogen-bond acceptors (Lipinski definition) is 2. The molecule has 0 aliphatic heterocycles. The van der Waals surface area contributed by atoms with Crippen LogP contribution in [0.15, 0.2) is 0 Å². The van der Waals surface area contributed by atoms with Crippen LogP contribution in [0, 0.1) is 5.92 Å². The van der Waals surface area contributed by atoms with Crippen molar-refractivity contribution in [3.8, 4) is 0 Å². The average Bonchev–Trinajstić information content (AvgIpc) is 2.50. The van der Waals surface area contributed by atoms with E-state index in [0.717, 1.165) is 18.9 Å². The lowest BCUT2D eigenvalue weighted by molar-refractivity contribution is 0.175. The molecular weight excluding hydrogens is 114 g/mol. The Hall–Kier alpha value is -0.0800. The minimum Gasteiger partial charge on any atom is -0.383 e. The van der Waals surface area contributed by atoms with Gasteiger partial charge < -0.3 is 10.5 Å². The molecule has 0 saturated heterocycles. The van der Waals surface area contributed by atoms with Gasteiger partial charge in [0.15, 0.2) is 0 Å². The van der Waals surface area contributed by atoms with Crippen LogP contribution >= 0.6 is 0 Å². The molecule has 2 N–H and O–H groups in total. The summed E-state index contributed by atoms with van der Waals surface area (Å²) in [6.45, 7) is 0.719. The molecular formula is C7H15NO. The van der Waals surface area contributed by atoms with Crippen LogP contribution < -0.4 is 5.73 Å². The van der Waals surface area contributed by atoms with Gasteiger partial charge in [0, 0.05) is 13.2 Å². The van der Waals surface area contributed by atoms with E-state index in [1.807, 2.05) is 0 Å². The van der Waals surface area contributed by atoms with Gasteiger partial charge in [0.05, 0.1) is 6.61 Å². The van der Waals surface area contributed by atoms with E-state index >= 15 is 0 Å². The van der Waals surface area contributed by atoms with Crippen molar-refractivity contribution >= 4 is 0 Å². The Morgan fingerprint density at radius 2 is 2.33 bits per heavy atom. The highest BCUT2D eigenvalue weighted by Crippen LogP contribution is 2.32. The van der Waals surface area contributed by atoms with Crippen LogP contribution in [0.3, 0.4) is 0 Å². The summed E-state index contributed by atoms with van der Waals surface area (Å²) in [5.74, 6) is 0.926. The van der Waals surface area contributed by atoms with E-state index in [0.29, 0.717) is 0 Å². The predicted octanol–water partition coefficient (Wildman–Crippen LogP) is 0.760. The molecule has 9 heavy (non-hydrogen) atoms. The van der Waals surface area contributed by atoms with Gasteiger partial charge in [-0.15, -0.1) is 0 Å². The molecule has 1 aliphatic rings. The maximum atomic E-state index is 5.70. The molecule has 1 aliphatic carbocycles. The summed E-state index contributed by atoms with van der Waals surface area (Å²) in [6, 6.07) is 0.280. The van der Waals surface area contributed by atoms with Crippen LogP contribution in [0.1, 0.15) is 19.3 Å². The summed E-state index contributed by atoms with van der Waals surface area (Å²) >= 11 is 0. The van der Waals surface area contributed by atoms with Crippen molar-refractivity contribution in [3.63, 3.8) is 0 Å². The fraction of sp³-hybridized carbons (Fsp3) is 1.00. The van der Waals surface area contributed by atoms with Gasteiger partial charge in [0.25, 0.3) is 0 Å². The highest BCUT2D eigenvalue weighted by molar-refractivity contribution is 4.77. The molecule has 1 atom stereocenters. The Morgan fingerprint density at radius 3 is 2.78 bits per heavy atom. The molecule has 0 amide bonds. The first-order valence-electron chi connectivity index (χ1n) is 3.57. The number of methoxy groups -OCH3 is 1. The lowest BCUT2D eigenvalue weighted by atomic mass is 10.2. The zero-order valence-corrected chi connectivity index (χ0v) is 5.97. The first kappa shape index (κ1) is 7.03. The molecule has 0 aromatic heterocycles. The van der Waals surface area contributed by atoms with Crippen LogP contribution in [0.2, 0.25) is 0 Å². The fourth-order valence-electron chi connectivity index (χ4n) is 1.06. The zero-order chi connectivity index (χ0) is 6.69. The molecule has 1 fully saturated rings. The number of rotatable bonds is 4. The van der Waals surface area contributed by atoms with Crippen LogP contribution in [-0.2, 0) is 4.74 Å². The van der Waals surface area contributed by atoms with Crippen LogP contribution in [0.25, 0.3) is 0 Å². The lowest BCUT2D eigenvalue weighted by Gasteiger charge is -2.07. The molecule has 0 aromatic carbocycles. The maximum Gasteiger partial charge on any atom is 0.0613 e. The van der Waals surface area contributed by atoms with E-state index in [-0.39, 0.29) is 6.04 Å². The third-order valence-electron chi connectivity index (χ3n) is 1.71. The summed E-state index contributed by atoms with van der Waals surface area (Å²) in [5, 5.41) is 0. The van der Waals surface area contributed by atoms with E-state index in [1.54, 1.807) is 7.11 Å². The van der Waals surface area contributed by atoms with E-state index in [1.165, 1.54) is 12.8 Å². The smallest absolute Gasteiger partial charge is 0.0613 e. The van der Waals surface area contributed by atoms with Crippen molar-refractivity contribution in [2.45, 2.75) is 25.3 Å². The third kappa shape index (κ3) is 2.82. The Morgan fingerprint density at radius 1 is 1.67 bits per heavy atom. The van der Waals surface area contributed by atoms with Gasteiger partial charge in [-0.05, 0) is 12.3 Å². The second kappa shape index (κ2) is 3.18. The van der Waals surface area contributed by atoms with E-state index in [2.05, 4.69) is 0 Å². The van der Waals surface area contributed by atoms with Crippen molar-refractivity contribution in [2.24, 2.45) is 11.7 Å². The van der Waals surface area contributed by atoms with Crippen molar-refractivity contribution < 1.29 is 4.74 Å². The Labute approximate surface area is 56.4 Å². The van der Waals surface area contributed by atoms with Crippen LogP contribution in [-0.4, -0.2) is 19.8 Å². The van der Waals surface area contributed by atoms with Crippen LogP contribution in [0.4, 0.5) is 0 Å². The van der Waals surface area contributed by atoms with Crippen molar-refractivity contribution in [1.82, 2.24) is 0 Å². The van der Waals surface area contributed by atoms with Crippen molar-refractivity contribution in [2.75, 3.05) is 13.7 Å². The summed E-state index contributed by atoms with van der Waals surface area (Å²) in [7, 11) is 1.70. The van der Waals surface area contributed by atoms with Crippen molar-refractivity contribution in [3.05, 3.63) is 0 Å². The first-order chi connectivity index (χ1) is 4.33. The Kier molecular flexibility index (Phi) is 2.49. The maximum absolute atomic E-state index is 5.70. The molecule has 0 radical (unpaired) electrons. The van der Waals surface area contributed by atoms with Gasteiger partial charge in [-0.2, -0.15) is 0 Å². The molecule has 2 nitrogen and oxygen atoms in total. The lowest BCUT2D eigenvalue weighted by Crippen LogP contribution is -2.25. The van der Waals surface area contributed by atoms with E-state index in [9.17, 15) is 0 Å². The number of ether oxygens (including phenoxy) is 1. The fourth-order valence-corrected chi connectivity index (χ4v) is 1.06. The topological polar surface area (TPSA) is 35.2 Å². The SMILES string of the molecule is COC[C@H](N)CC1CC1. The largest absolute Gasteiger partial charge is 0.383 e. The molecule has 1 rings (SSSR count). The predicted molar refractivity (Wildman–Crippen MR) is 37.2 cm³/mol. The van der Waals surface area contributed by atoms with Gasteiger partial charge in [-0.3, -0.25) is 0 Å². The quantitative estimate of drug-likeness (QED) is 0.608. The third-order valence-corrected chi connectivity index (χ3v) is 1.71. The summed E-state index contributed by atoms with van der Waals surface area (Å²) in [5.41, 5.74) is 5.70. The molecule has 0 spiro atoms. The second-order valence-electron chi connectivity index (χ2n) is 2.89. The van der Waals surface area contributed by atoms with Gasteiger partial charge >= 0.3 is 0 Å². The van der Waals surface area contributed by atoms with Gasteiger partial charge in [0.2, 0.25) is 0 Å². The molecule has 1 saturated carbocycles. The Balaban J connectivity index is 1.95. The Bertz CT molecular complexity index is 81.0. The van der Waals surface area contributed by atoms with Gasteiger partial charge in [-0.25, -0.2) is 0 Å². The van der Waals surface area contributed by atoms with Crippen molar-refractivity contribution in [1.29, 1.82) is 0 Å². The van der Waals surface area contributed by atoms with E-state index < -0.39 is 0 Å². The highest BCUT2D eigenvalue weighted by Gasteiger charge is 2.23. The zero-order valence-electron chi connectivity index (χ0n) is 5.97. The molecule has 0 bridgehead atoms. The standard InChI is InChI=1S/C7H15NO/c1-9-5-7(8)4-6-2-3-6/h6-7H,2-5,8H2,1H3/t7-/m1/s1. The summed E-state index contributed by atoms with van der Waals surface area (Å²) < 4.78 is 4.91. The summed E-state index contributed by atoms with van der Waals surface area (Å²) in [4.78, 5) is 0. The van der Waals surface area contributed by atoms with Gasteiger partial charge in [0.1, 0.15) is 0 Å². The highest BCUT2D eigenvalue weighted by atomic mass is 16.5. The van der Waals surface area contributed by atoms with Gasteiger partial charge in [-0.1, -0.05) is 12.8 Å². The molecule has 0 aromatic rings. The van der Waals surface area contributed by atoms with E-state index in [4.69, 9.17) is 10.5 Å². The molecule has 2 heteroatoms. The molecule has 54 valence electrons. The number of nitrogens with two attached hydrogens (primary N) is 1. The number of hydrogen-bond donors (Lipinski definition) is 1. The second-order valence-corrected chi connectivity index (χ2v) is 2.89. The minimum absolute atomic E-state index is 0.280. The normalized spacial score (nSPS) is 22.0.